The minimum absolute atomic E-state index is 0.526. The number of thiophene rings is 1. The largest absolute Gasteiger partial charge is 0.377 e. The van der Waals surface area contributed by atoms with Crippen LogP contribution in [-0.4, -0.2) is 25.8 Å². The average Bonchev–Trinajstić information content (AvgIpc) is 2.96. The highest BCUT2D eigenvalue weighted by atomic mass is 32.1. The number of nitrogens with one attached hydrogen (secondary N) is 1. The topological polar surface area (TPSA) is 21.3 Å². The first-order chi connectivity index (χ1) is 9.38. The van der Waals surface area contributed by atoms with Gasteiger partial charge in [0.25, 0.3) is 0 Å². The van der Waals surface area contributed by atoms with Crippen LogP contribution in [0.3, 0.4) is 0 Å². The molecule has 1 N–H and O–H groups in total. The predicted molar refractivity (Wildman–Crippen MR) is 82.9 cm³/mol. The van der Waals surface area contributed by atoms with E-state index in [1.807, 2.05) is 11.3 Å². The van der Waals surface area contributed by atoms with E-state index < -0.39 is 0 Å². The second-order valence-electron chi connectivity index (χ2n) is 5.51. The molecular formula is C16H27NOS. The fraction of sp³-hybridized carbons (Fsp3) is 0.750. The van der Waals surface area contributed by atoms with Crippen molar-refractivity contribution in [1.29, 1.82) is 0 Å². The highest BCUT2D eigenvalue weighted by Gasteiger charge is 2.20. The molecule has 0 aliphatic heterocycles. The molecule has 108 valence electrons. The molecule has 0 radical (unpaired) electrons. The fourth-order valence-corrected chi connectivity index (χ4v) is 3.56. The molecule has 2 nitrogen and oxygen atoms in total. The van der Waals surface area contributed by atoms with Gasteiger partial charge < -0.3 is 10.1 Å². The van der Waals surface area contributed by atoms with Gasteiger partial charge in [-0.15, -0.1) is 11.3 Å². The summed E-state index contributed by atoms with van der Waals surface area (Å²) in [5.74, 6) is 0.908. The summed E-state index contributed by atoms with van der Waals surface area (Å²) in [6.07, 6.45) is 8.30. The highest BCUT2D eigenvalue weighted by molar-refractivity contribution is 7.09. The van der Waals surface area contributed by atoms with Gasteiger partial charge in [-0.05, 0) is 36.6 Å². The number of hydrogen-bond acceptors (Lipinski definition) is 3. The van der Waals surface area contributed by atoms with Crippen molar-refractivity contribution in [1.82, 2.24) is 5.32 Å². The summed E-state index contributed by atoms with van der Waals surface area (Å²) in [4.78, 5) is 1.46. The summed E-state index contributed by atoms with van der Waals surface area (Å²) >= 11 is 1.84. The maximum atomic E-state index is 5.99. The molecule has 0 spiro atoms. The third-order valence-electron chi connectivity index (χ3n) is 4.07. The van der Waals surface area contributed by atoms with Crippen LogP contribution in [0.2, 0.25) is 0 Å². The summed E-state index contributed by atoms with van der Waals surface area (Å²) in [6, 6.07) is 4.33. The van der Waals surface area contributed by atoms with E-state index in [4.69, 9.17) is 4.74 Å². The molecule has 1 aromatic rings. The standard InChI is InChI=1S/C16H27NOS/c1-2-14-5-3-6-15(13-14)18-11-10-17-9-8-16-7-4-12-19-16/h4,7,12,14-15,17H,2-3,5-6,8-11,13H2,1H3. The van der Waals surface area contributed by atoms with Crippen LogP contribution in [0.1, 0.15) is 43.9 Å². The van der Waals surface area contributed by atoms with Crippen molar-refractivity contribution >= 4 is 11.3 Å². The van der Waals surface area contributed by atoms with E-state index in [0.29, 0.717) is 6.10 Å². The Hall–Kier alpha value is -0.380. The second-order valence-corrected chi connectivity index (χ2v) is 6.55. The summed E-state index contributed by atoms with van der Waals surface area (Å²) < 4.78 is 5.99. The molecule has 2 unspecified atom stereocenters. The van der Waals surface area contributed by atoms with Crippen LogP contribution in [0.25, 0.3) is 0 Å². The normalized spacial score (nSPS) is 23.6. The van der Waals surface area contributed by atoms with Gasteiger partial charge in [-0.25, -0.2) is 0 Å². The summed E-state index contributed by atoms with van der Waals surface area (Å²) in [5.41, 5.74) is 0. The van der Waals surface area contributed by atoms with Gasteiger partial charge in [-0.1, -0.05) is 32.3 Å². The Morgan fingerprint density at radius 3 is 3.11 bits per heavy atom. The molecule has 2 rings (SSSR count). The zero-order valence-electron chi connectivity index (χ0n) is 12.1. The van der Waals surface area contributed by atoms with Gasteiger partial charge in [0.05, 0.1) is 12.7 Å². The van der Waals surface area contributed by atoms with Crippen LogP contribution in [0, 0.1) is 5.92 Å². The zero-order valence-corrected chi connectivity index (χ0v) is 12.9. The maximum absolute atomic E-state index is 5.99. The summed E-state index contributed by atoms with van der Waals surface area (Å²) in [5, 5.41) is 5.61. The van der Waals surface area contributed by atoms with E-state index in [-0.39, 0.29) is 0 Å². The Kier molecular flexibility index (Phi) is 6.90. The maximum Gasteiger partial charge on any atom is 0.0594 e. The summed E-state index contributed by atoms with van der Waals surface area (Å²) in [7, 11) is 0. The minimum Gasteiger partial charge on any atom is -0.377 e. The van der Waals surface area contributed by atoms with E-state index in [2.05, 4.69) is 29.8 Å². The van der Waals surface area contributed by atoms with Crippen LogP contribution in [-0.2, 0) is 11.2 Å². The quantitative estimate of drug-likeness (QED) is 0.730. The predicted octanol–water partition coefficient (Wildman–Crippen LogP) is 3.87. The van der Waals surface area contributed by atoms with Crippen molar-refractivity contribution in [2.45, 2.75) is 51.6 Å². The monoisotopic (exact) mass is 281 g/mol. The van der Waals surface area contributed by atoms with Gasteiger partial charge in [0.2, 0.25) is 0 Å². The van der Waals surface area contributed by atoms with Gasteiger partial charge in [0, 0.05) is 18.0 Å². The van der Waals surface area contributed by atoms with Crippen molar-refractivity contribution < 1.29 is 4.74 Å². The van der Waals surface area contributed by atoms with Crippen LogP contribution in [0.5, 0.6) is 0 Å². The fourth-order valence-electron chi connectivity index (χ4n) is 2.85. The van der Waals surface area contributed by atoms with Crippen molar-refractivity contribution in [2.24, 2.45) is 5.92 Å². The molecule has 19 heavy (non-hydrogen) atoms. The van der Waals surface area contributed by atoms with Crippen molar-refractivity contribution in [3.63, 3.8) is 0 Å². The Morgan fingerprint density at radius 1 is 1.37 bits per heavy atom. The molecule has 3 heteroatoms. The van der Waals surface area contributed by atoms with Gasteiger partial charge in [-0.2, -0.15) is 0 Å². The molecule has 2 atom stereocenters. The van der Waals surface area contributed by atoms with Crippen molar-refractivity contribution in [3.8, 4) is 0 Å². The van der Waals surface area contributed by atoms with E-state index >= 15 is 0 Å². The van der Waals surface area contributed by atoms with E-state index in [1.165, 1.54) is 37.0 Å². The lowest BCUT2D eigenvalue weighted by atomic mass is 9.85. The molecule has 0 aromatic carbocycles. The van der Waals surface area contributed by atoms with Gasteiger partial charge in [0.15, 0.2) is 0 Å². The Bertz CT molecular complexity index is 325. The Labute approximate surface area is 121 Å². The smallest absolute Gasteiger partial charge is 0.0594 e. The third-order valence-corrected chi connectivity index (χ3v) is 5.01. The van der Waals surface area contributed by atoms with Gasteiger partial charge in [0.1, 0.15) is 0 Å². The lowest BCUT2D eigenvalue weighted by Gasteiger charge is -2.28. The van der Waals surface area contributed by atoms with Crippen LogP contribution < -0.4 is 5.32 Å². The lowest BCUT2D eigenvalue weighted by molar-refractivity contribution is 0.0143. The zero-order chi connectivity index (χ0) is 13.3. The molecule has 1 aliphatic rings. The summed E-state index contributed by atoms with van der Waals surface area (Å²) in [6.45, 7) is 5.22. The first kappa shape index (κ1) is 15.0. The molecule has 0 bridgehead atoms. The number of ether oxygens (including phenoxy) is 1. The number of hydrogen-bond donors (Lipinski definition) is 1. The molecule has 0 saturated heterocycles. The molecule has 1 heterocycles. The molecule has 1 fully saturated rings. The molecule has 1 aliphatic carbocycles. The van der Waals surface area contributed by atoms with E-state index in [9.17, 15) is 0 Å². The average molecular weight is 281 g/mol. The van der Waals surface area contributed by atoms with Crippen LogP contribution in [0.4, 0.5) is 0 Å². The molecular weight excluding hydrogens is 254 g/mol. The molecule has 1 saturated carbocycles. The van der Waals surface area contributed by atoms with E-state index in [1.54, 1.807) is 0 Å². The van der Waals surface area contributed by atoms with Crippen LogP contribution in [0.15, 0.2) is 17.5 Å². The van der Waals surface area contributed by atoms with Crippen molar-refractivity contribution in [3.05, 3.63) is 22.4 Å². The van der Waals surface area contributed by atoms with Crippen LogP contribution >= 0.6 is 11.3 Å². The SMILES string of the molecule is CCC1CCCC(OCCNCCc2cccs2)C1. The molecule has 1 aromatic heterocycles. The lowest BCUT2D eigenvalue weighted by Crippen LogP contribution is -2.27. The first-order valence-corrected chi connectivity index (χ1v) is 8.61. The third kappa shape index (κ3) is 5.64. The number of rotatable bonds is 8. The van der Waals surface area contributed by atoms with Crippen molar-refractivity contribution in [2.75, 3.05) is 19.7 Å². The van der Waals surface area contributed by atoms with Gasteiger partial charge in [-0.3, -0.25) is 0 Å². The molecule has 0 amide bonds. The first-order valence-electron chi connectivity index (χ1n) is 7.73. The van der Waals surface area contributed by atoms with Gasteiger partial charge >= 0.3 is 0 Å². The second kappa shape index (κ2) is 8.72. The van der Waals surface area contributed by atoms with E-state index in [0.717, 1.165) is 32.0 Å². The Balaban J connectivity index is 1.47. The highest BCUT2D eigenvalue weighted by Crippen LogP contribution is 2.28. The minimum atomic E-state index is 0.526. The Morgan fingerprint density at radius 2 is 2.32 bits per heavy atom.